The third-order valence-corrected chi connectivity index (χ3v) is 5.46. The number of amides is 2. The molecule has 1 aromatic rings. The zero-order chi connectivity index (χ0) is 18.7. The molecule has 0 radical (unpaired) electrons. The first-order valence-electron chi connectivity index (χ1n) is 9.61. The number of nitrogens with zero attached hydrogens (tertiary/aromatic N) is 3. The Morgan fingerprint density at radius 1 is 1.12 bits per heavy atom. The average Bonchev–Trinajstić information content (AvgIpc) is 3.06. The molecule has 0 bridgehead atoms. The fourth-order valence-corrected chi connectivity index (χ4v) is 3.97. The maximum Gasteiger partial charge on any atom is 0.242 e. The molecule has 6 nitrogen and oxygen atoms in total. The summed E-state index contributed by atoms with van der Waals surface area (Å²) in [5.74, 6) is 0.170. The van der Waals surface area contributed by atoms with Crippen LogP contribution in [0.3, 0.4) is 0 Å². The van der Waals surface area contributed by atoms with E-state index in [2.05, 4.69) is 11.0 Å². The third kappa shape index (κ3) is 3.91. The predicted octanol–water partition coefficient (Wildman–Crippen LogP) is 1.24. The highest BCUT2D eigenvalue weighted by molar-refractivity contribution is 5.96. The highest BCUT2D eigenvalue weighted by Gasteiger charge is 2.34. The van der Waals surface area contributed by atoms with Gasteiger partial charge >= 0.3 is 0 Å². The van der Waals surface area contributed by atoms with E-state index < -0.39 is 5.54 Å². The van der Waals surface area contributed by atoms with Gasteiger partial charge in [0.05, 0.1) is 12.1 Å². The molecule has 1 saturated heterocycles. The molecule has 2 aliphatic heterocycles. The van der Waals surface area contributed by atoms with Crippen LogP contribution in [-0.4, -0.2) is 66.4 Å². The molecule has 26 heavy (non-hydrogen) atoms. The second-order valence-electron chi connectivity index (χ2n) is 7.66. The molecule has 2 amide bonds. The zero-order valence-electron chi connectivity index (χ0n) is 15.9. The molecule has 2 N–H and O–H groups in total. The number of fused-ring (bicyclic) bond motifs is 1. The van der Waals surface area contributed by atoms with Crippen LogP contribution in [0.5, 0.6) is 0 Å². The van der Waals surface area contributed by atoms with Crippen molar-refractivity contribution >= 4 is 17.5 Å². The molecule has 0 spiro atoms. The Hall–Kier alpha value is -1.92. The van der Waals surface area contributed by atoms with Crippen molar-refractivity contribution in [2.45, 2.75) is 38.6 Å². The van der Waals surface area contributed by atoms with Gasteiger partial charge in [-0.3, -0.25) is 14.5 Å². The number of benzene rings is 1. The van der Waals surface area contributed by atoms with Crippen LogP contribution in [0.1, 0.15) is 32.3 Å². The molecule has 1 atom stereocenters. The highest BCUT2D eigenvalue weighted by Crippen LogP contribution is 2.27. The van der Waals surface area contributed by atoms with Gasteiger partial charge in [-0.15, -0.1) is 0 Å². The van der Waals surface area contributed by atoms with Crippen LogP contribution >= 0.6 is 0 Å². The molecule has 1 unspecified atom stereocenters. The van der Waals surface area contributed by atoms with Crippen molar-refractivity contribution in [3.8, 4) is 0 Å². The van der Waals surface area contributed by atoms with Crippen LogP contribution < -0.4 is 10.6 Å². The minimum absolute atomic E-state index is 0.0267. The molecule has 0 aromatic heterocycles. The molecule has 3 rings (SSSR count). The van der Waals surface area contributed by atoms with E-state index >= 15 is 0 Å². The summed E-state index contributed by atoms with van der Waals surface area (Å²) in [5.41, 5.74) is 7.68. The monoisotopic (exact) mass is 358 g/mol. The summed E-state index contributed by atoms with van der Waals surface area (Å²) in [6.45, 7) is 7.74. The summed E-state index contributed by atoms with van der Waals surface area (Å²) in [5, 5.41) is 0. The number of piperazine rings is 1. The normalized spacial score (nSPS) is 20.0. The zero-order valence-corrected chi connectivity index (χ0v) is 15.9. The van der Waals surface area contributed by atoms with E-state index in [4.69, 9.17) is 5.73 Å². The third-order valence-electron chi connectivity index (χ3n) is 5.46. The van der Waals surface area contributed by atoms with Crippen molar-refractivity contribution in [3.05, 3.63) is 29.8 Å². The minimum Gasteiger partial charge on any atom is -0.339 e. The van der Waals surface area contributed by atoms with Gasteiger partial charge in [-0.2, -0.15) is 0 Å². The molecule has 2 aliphatic rings. The summed E-state index contributed by atoms with van der Waals surface area (Å²) in [7, 11) is 0. The van der Waals surface area contributed by atoms with Crippen LogP contribution in [0.15, 0.2) is 24.3 Å². The van der Waals surface area contributed by atoms with Gasteiger partial charge in [0.15, 0.2) is 0 Å². The topological polar surface area (TPSA) is 69.9 Å². The first kappa shape index (κ1) is 18.9. The molecule has 6 heteroatoms. The maximum atomic E-state index is 12.7. The summed E-state index contributed by atoms with van der Waals surface area (Å²) in [4.78, 5) is 31.2. The Morgan fingerprint density at radius 2 is 1.81 bits per heavy atom. The largest absolute Gasteiger partial charge is 0.339 e. The van der Waals surface area contributed by atoms with Gasteiger partial charge in [0.2, 0.25) is 11.8 Å². The molecular weight excluding hydrogens is 328 g/mol. The van der Waals surface area contributed by atoms with Crippen molar-refractivity contribution in [1.29, 1.82) is 0 Å². The Labute approximate surface area is 155 Å². The first-order chi connectivity index (χ1) is 12.4. The van der Waals surface area contributed by atoms with Crippen LogP contribution in [0.4, 0.5) is 5.69 Å². The quantitative estimate of drug-likeness (QED) is 0.860. The van der Waals surface area contributed by atoms with Gasteiger partial charge in [-0.05, 0) is 31.4 Å². The standard InChI is InChI=1S/C20H30N4O2/c1-3-9-20(2,21)19(26)23-13-11-22(12-14-23)15-18(25)24-10-8-16-6-4-5-7-17(16)24/h4-7H,3,8-15,21H2,1-2H3. The summed E-state index contributed by atoms with van der Waals surface area (Å²) in [6.07, 6.45) is 2.51. The van der Waals surface area contributed by atoms with Crippen molar-refractivity contribution in [2.24, 2.45) is 5.73 Å². The Balaban J connectivity index is 1.52. The van der Waals surface area contributed by atoms with E-state index in [0.717, 1.165) is 38.2 Å². The van der Waals surface area contributed by atoms with Crippen molar-refractivity contribution < 1.29 is 9.59 Å². The van der Waals surface area contributed by atoms with E-state index in [1.54, 1.807) is 0 Å². The lowest BCUT2D eigenvalue weighted by Gasteiger charge is -2.38. The second kappa shape index (κ2) is 7.76. The molecule has 0 saturated carbocycles. The van der Waals surface area contributed by atoms with E-state index in [9.17, 15) is 9.59 Å². The number of anilines is 1. The fourth-order valence-electron chi connectivity index (χ4n) is 3.97. The Kier molecular flexibility index (Phi) is 5.63. The number of hydrogen-bond donors (Lipinski definition) is 1. The highest BCUT2D eigenvalue weighted by atomic mass is 16.2. The Morgan fingerprint density at radius 3 is 2.50 bits per heavy atom. The minimum atomic E-state index is -0.786. The molecule has 142 valence electrons. The SMILES string of the molecule is CCCC(C)(N)C(=O)N1CCN(CC(=O)N2CCc3ccccc32)CC1. The molecule has 1 fully saturated rings. The average molecular weight is 358 g/mol. The predicted molar refractivity (Wildman–Crippen MR) is 103 cm³/mol. The van der Waals surface area contributed by atoms with Crippen LogP contribution in [0, 0.1) is 0 Å². The van der Waals surface area contributed by atoms with Gasteiger partial charge in [0.1, 0.15) is 0 Å². The van der Waals surface area contributed by atoms with Crippen molar-refractivity contribution in [2.75, 3.05) is 44.2 Å². The number of nitrogens with two attached hydrogens (primary N) is 1. The summed E-state index contributed by atoms with van der Waals surface area (Å²) >= 11 is 0. The number of rotatable bonds is 5. The Bertz CT molecular complexity index is 666. The lowest BCUT2D eigenvalue weighted by Crippen LogP contribution is -2.58. The van der Waals surface area contributed by atoms with E-state index in [1.807, 2.05) is 41.8 Å². The number of carbonyl (C=O) groups is 2. The van der Waals surface area contributed by atoms with E-state index in [1.165, 1.54) is 5.56 Å². The number of carbonyl (C=O) groups excluding carboxylic acids is 2. The van der Waals surface area contributed by atoms with Gasteiger partial charge in [-0.1, -0.05) is 31.5 Å². The van der Waals surface area contributed by atoms with Crippen LogP contribution in [0.2, 0.25) is 0 Å². The lowest BCUT2D eigenvalue weighted by molar-refractivity contribution is -0.138. The smallest absolute Gasteiger partial charge is 0.242 e. The van der Waals surface area contributed by atoms with Crippen LogP contribution in [-0.2, 0) is 16.0 Å². The van der Waals surface area contributed by atoms with Crippen molar-refractivity contribution in [1.82, 2.24) is 9.80 Å². The number of para-hydroxylation sites is 1. The molecule has 1 aromatic carbocycles. The van der Waals surface area contributed by atoms with E-state index in [-0.39, 0.29) is 11.8 Å². The summed E-state index contributed by atoms with van der Waals surface area (Å²) < 4.78 is 0. The second-order valence-corrected chi connectivity index (χ2v) is 7.66. The van der Waals surface area contributed by atoms with E-state index in [0.29, 0.717) is 26.1 Å². The lowest BCUT2D eigenvalue weighted by atomic mass is 9.95. The van der Waals surface area contributed by atoms with Crippen molar-refractivity contribution in [3.63, 3.8) is 0 Å². The number of hydrogen-bond acceptors (Lipinski definition) is 4. The summed E-state index contributed by atoms with van der Waals surface area (Å²) in [6, 6.07) is 8.11. The molecule has 0 aliphatic carbocycles. The van der Waals surface area contributed by atoms with Gasteiger partial charge < -0.3 is 15.5 Å². The fraction of sp³-hybridized carbons (Fsp3) is 0.600. The molecular formula is C20H30N4O2. The molecule has 2 heterocycles. The maximum absolute atomic E-state index is 12.7. The van der Waals surface area contributed by atoms with Crippen LogP contribution in [0.25, 0.3) is 0 Å². The van der Waals surface area contributed by atoms with Gasteiger partial charge in [0.25, 0.3) is 0 Å². The van der Waals surface area contributed by atoms with Gasteiger partial charge in [-0.25, -0.2) is 0 Å². The first-order valence-corrected chi connectivity index (χ1v) is 9.61. The van der Waals surface area contributed by atoms with Gasteiger partial charge in [0, 0.05) is 38.4 Å².